The molecule has 1 unspecified atom stereocenters. The number of carbonyl (C=O) groups excluding carboxylic acids is 1. The topological polar surface area (TPSA) is 88.4 Å². The van der Waals surface area contributed by atoms with Gasteiger partial charge in [-0.2, -0.15) is 0 Å². The molecular formula is C13H17ClN4O3. The first kappa shape index (κ1) is 15.7. The van der Waals surface area contributed by atoms with Gasteiger partial charge in [-0.05, 0) is 32.0 Å². The number of likely N-dealkylation sites (N-methyl/N-ethyl adjacent to an activating group) is 1. The highest BCUT2D eigenvalue weighted by Gasteiger charge is 2.27. The fourth-order valence-corrected chi connectivity index (χ4v) is 2.86. The van der Waals surface area contributed by atoms with Crippen LogP contribution in [-0.4, -0.2) is 46.4 Å². The summed E-state index contributed by atoms with van der Waals surface area (Å²) in [7, 11) is 0. The van der Waals surface area contributed by atoms with Crippen LogP contribution in [0.5, 0.6) is 0 Å². The highest BCUT2D eigenvalue weighted by atomic mass is 35.5. The van der Waals surface area contributed by atoms with Gasteiger partial charge in [-0.25, -0.2) is 4.98 Å². The third-order valence-corrected chi connectivity index (χ3v) is 3.99. The number of likely N-dealkylation sites (tertiary alicyclic amines) is 1. The number of nitro groups is 1. The largest absolute Gasteiger partial charge is 0.350 e. The van der Waals surface area contributed by atoms with E-state index in [-0.39, 0.29) is 16.8 Å². The van der Waals surface area contributed by atoms with Crippen molar-refractivity contribution < 1.29 is 9.72 Å². The van der Waals surface area contributed by atoms with Crippen LogP contribution in [-0.2, 0) is 0 Å². The normalized spacial score (nSPS) is 18.7. The van der Waals surface area contributed by atoms with Crippen LogP contribution in [0.2, 0.25) is 5.15 Å². The van der Waals surface area contributed by atoms with Gasteiger partial charge in [-0.15, -0.1) is 0 Å². The molecule has 8 heteroatoms. The van der Waals surface area contributed by atoms with Crippen LogP contribution in [0, 0.1) is 10.1 Å². The van der Waals surface area contributed by atoms with Gasteiger partial charge in [0.2, 0.25) is 5.15 Å². The van der Waals surface area contributed by atoms with Crippen LogP contribution in [0.25, 0.3) is 0 Å². The number of rotatable bonds is 5. The van der Waals surface area contributed by atoms with Crippen LogP contribution < -0.4 is 5.32 Å². The molecule has 1 atom stereocenters. The molecule has 1 aromatic rings. The second-order valence-electron chi connectivity index (χ2n) is 4.89. The van der Waals surface area contributed by atoms with Crippen molar-refractivity contribution in [2.75, 3.05) is 19.6 Å². The zero-order valence-corrected chi connectivity index (χ0v) is 12.5. The van der Waals surface area contributed by atoms with Crippen molar-refractivity contribution >= 4 is 23.2 Å². The zero-order chi connectivity index (χ0) is 15.4. The number of carbonyl (C=O) groups is 1. The van der Waals surface area contributed by atoms with E-state index in [1.165, 1.54) is 12.3 Å². The fourth-order valence-electron chi connectivity index (χ4n) is 2.63. The molecule has 1 aliphatic heterocycles. The predicted octanol–water partition coefficient (Wildman–Crippen LogP) is 1.86. The van der Waals surface area contributed by atoms with E-state index in [0.29, 0.717) is 6.54 Å². The van der Waals surface area contributed by atoms with Gasteiger partial charge in [0.25, 0.3) is 5.91 Å². The second kappa shape index (κ2) is 6.82. The summed E-state index contributed by atoms with van der Waals surface area (Å²) in [5, 5.41) is 13.5. The Kier molecular flexibility index (Phi) is 5.08. The Morgan fingerprint density at radius 3 is 3.10 bits per heavy atom. The average Bonchev–Trinajstić information content (AvgIpc) is 2.91. The maximum absolute atomic E-state index is 12.2. The van der Waals surface area contributed by atoms with Crippen molar-refractivity contribution in [1.29, 1.82) is 0 Å². The van der Waals surface area contributed by atoms with Gasteiger partial charge >= 0.3 is 5.69 Å². The number of hydrogen-bond donors (Lipinski definition) is 1. The predicted molar refractivity (Wildman–Crippen MR) is 78.5 cm³/mol. The zero-order valence-electron chi connectivity index (χ0n) is 11.7. The first-order chi connectivity index (χ1) is 10.0. The van der Waals surface area contributed by atoms with Crippen molar-refractivity contribution in [1.82, 2.24) is 15.2 Å². The monoisotopic (exact) mass is 312 g/mol. The number of pyridine rings is 1. The lowest BCUT2D eigenvalue weighted by Crippen LogP contribution is -2.40. The molecule has 2 heterocycles. The Bertz CT molecular complexity index is 552. The molecule has 1 fully saturated rings. The number of aromatic nitrogens is 1. The minimum Gasteiger partial charge on any atom is -0.350 e. The van der Waals surface area contributed by atoms with Gasteiger partial charge < -0.3 is 5.32 Å². The summed E-state index contributed by atoms with van der Waals surface area (Å²) in [5.41, 5.74) is -0.503. The Balaban J connectivity index is 2.07. The van der Waals surface area contributed by atoms with Crippen LogP contribution in [0.4, 0.5) is 5.69 Å². The van der Waals surface area contributed by atoms with E-state index in [9.17, 15) is 14.9 Å². The molecule has 0 spiro atoms. The highest BCUT2D eigenvalue weighted by Crippen LogP contribution is 2.26. The van der Waals surface area contributed by atoms with Crippen molar-refractivity contribution in [3.05, 3.63) is 33.1 Å². The molecule has 0 bridgehead atoms. The quantitative estimate of drug-likeness (QED) is 0.509. The molecule has 7 nitrogen and oxygen atoms in total. The Labute approximate surface area is 127 Å². The van der Waals surface area contributed by atoms with E-state index >= 15 is 0 Å². The summed E-state index contributed by atoms with van der Waals surface area (Å²) in [6.45, 7) is 4.51. The van der Waals surface area contributed by atoms with Crippen molar-refractivity contribution in [2.45, 2.75) is 25.8 Å². The lowest BCUT2D eigenvalue weighted by Gasteiger charge is -2.22. The Hall–Kier alpha value is -1.73. The maximum Gasteiger partial charge on any atom is 0.319 e. The molecular weight excluding hydrogens is 296 g/mol. The van der Waals surface area contributed by atoms with E-state index in [1.54, 1.807) is 0 Å². The van der Waals surface area contributed by atoms with E-state index in [2.05, 4.69) is 22.1 Å². The third-order valence-electron chi connectivity index (χ3n) is 3.71. The minimum absolute atomic E-state index is 0.0546. The molecule has 0 radical (unpaired) electrons. The Morgan fingerprint density at radius 1 is 1.67 bits per heavy atom. The van der Waals surface area contributed by atoms with Crippen molar-refractivity contribution in [3.8, 4) is 0 Å². The molecule has 1 amide bonds. The minimum atomic E-state index is -0.682. The van der Waals surface area contributed by atoms with Gasteiger partial charge in [0.1, 0.15) is 5.56 Å². The summed E-state index contributed by atoms with van der Waals surface area (Å²) < 4.78 is 0. The van der Waals surface area contributed by atoms with Gasteiger partial charge in [0.05, 0.1) is 4.92 Å². The van der Waals surface area contributed by atoms with E-state index in [1.807, 2.05) is 0 Å². The number of nitrogens with one attached hydrogen (secondary N) is 1. The van der Waals surface area contributed by atoms with Gasteiger partial charge in [-0.3, -0.25) is 19.8 Å². The molecule has 21 heavy (non-hydrogen) atoms. The SMILES string of the molecule is CCN1CCCC1CNC(=O)c1ccnc(Cl)c1[N+](=O)[O-]. The van der Waals surface area contributed by atoms with Crippen molar-refractivity contribution in [3.63, 3.8) is 0 Å². The summed E-state index contributed by atoms with van der Waals surface area (Å²) in [4.78, 5) is 28.4. The molecule has 0 aliphatic carbocycles. The Morgan fingerprint density at radius 2 is 2.43 bits per heavy atom. The smallest absolute Gasteiger partial charge is 0.319 e. The lowest BCUT2D eigenvalue weighted by molar-refractivity contribution is -0.385. The van der Waals surface area contributed by atoms with Crippen LogP contribution in [0.15, 0.2) is 12.3 Å². The molecule has 1 saturated heterocycles. The summed E-state index contributed by atoms with van der Waals surface area (Å²) in [6.07, 6.45) is 3.42. The second-order valence-corrected chi connectivity index (χ2v) is 5.25. The molecule has 114 valence electrons. The fraction of sp³-hybridized carbons (Fsp3) is 0.538. The molecule has 0 aromatic carbocycles. The van der Waals surface area contributed by atoms with Crippen LogP contribution >= 0.6 is 11.6 Å². The highest BCUT2D eigenvalue weighted by molar-refractivity contribution is 6.32. The molecule has 1 N–H and O–H groups in total. The summed E-state index contributed by atoms with van der Waals surface area (Å²) >= 11 is 5.70. The lowest BCUT2D eigenvalue weighted by atomic mass is 10.2. The number of halogens is 1. The average molecular weight is 313 g/mol. The maximum atomic E-state index is 12.2. The molecule has 1 aromatic heterocycles. The van der Waals surface area contributed by atoms with E-state index < -0.39 is 16.5 Å². The number of hydrogen-bond acceptors (Lipinski definition) is 5. The summed E-state index contributed by atoms with van der Waals surface area (Å²) in [5.74, 6) is -0.492. The number of amides is 1. The van der Waals surface area contributed by atoms with Gasteiger partial charge in [0.15, 0.2) is 0 Å². The van der Waals surface area contributed by atoms with E-state index in [0.717, 1.165) is 25.9 Å². The molecule has 0 saturated carbocycles. The molecule has 2 rings (SSSR count). The number of nitrogens with zero attached hydrogens (tertiary/aromatic N) is 3. The van der Waals surface area contributed by atoms with Gasteiger partial charge in [-0.1, -0.05) is 18.5 Å². The van der Waals surface area contributed by atoms with Crippen molar-refractivity contribution in [2.24, 2.45) is 0 Å². The van der Waals surface area contributed by atoms with Gasteiger partial charge in [0, 0.05) is 18.8 Å². The standard InChI is InChI=1S/C13H17ClN4O3/c1-2-17-7-3-4-9(17)8-16-13(19)10-5-6-15-12(14)11(10)18(20)21/h5-6,9H,2-4,7-8H2,1H3,(H,16,19). The summed E-state index contributed by atoms with van der Waals surface area (Å²) in [6, 6.07) is 1.60. The third kappa shape index (κ3) is 3.48. The van der Waals surface area contributed by atoms with Crippen LogP contribution in [0.1, 0.15) is 30.1 Å². The molecule has 1 aliphatic rings. The van der Waals surface area contributed by atoms with Crippen LogP contribution in [0.3, 0.4) is 0 Å². The first-order valence-corrected chi connectivity index (χ1v) is 7.23. The first-order valence-electron chi connectivity index (χ1n) is 6.85. The van der Waals surface area contributed by atoms with E-state index in [4.69, 9.17) is 11.6 Å².